The van der Waals surface area contributed by atoms with E-state index in [4.69, 9.17) is 9.47 Å². The summed E-state index contributed by atoms with van der Waals surface area (Å²) in [6.45, 7) is 2.19. The van der Waals surface area contributed by atoms with Crippen LogP contribution in [0.2, 0.25) is 0 Å². The number of ether oxygens (including phenoxy) is 2. The number of nitrogens with one attached hydrogen (secondary N) is 2. The highest BCUT2D eigenvalue weighted by Crippen LogP contribution is 2.30. The van der Waals surface area contributed by atoms with E-state index in [1.807, 2.05) is 6.92 Å². The lowest BCUT2D eigenvalue weighted by molar-refractivity contribution is 0.354. The van der Waals surface area contributed by atoms with Crippen LogP contribution in [0.5, 0.6) is 11.5 Å². The molecule has 0 radical (unpaired) electrons. The highest BCUT2D eigenvalue weighted by molar-refractivity contribution is 7.92. The summed E-state index contributed by atoms with van der Waals surface area (Å²) in [4.78, 5) is 0.0477. The second-order valence-electron chi connectivity index (χ2n) is 5.54. The lowest BCUT2D eigenvalue weighted by Crippen LogP contribution is -2.24. The van der Waals surface area contributed by atoms with Crippen molar-refractivity contribution in [1.82, 2.24) is 4.72 Å². The molecule has 0 saturated carbocycles. The molecule has 2 aromatic carbocycles. The summed E-state index contributed by atoms with van der Waals surface area (Å²) >= 11 is 0. The van der Waals surface area contributed by atoms with Gasteiger partial charge in [-0.15, -0.1) is 0 Å². The van der Waals surface area contributed by atoms with Crippen LogP contribution in [0.3, 0.4) is 0 Å². The minimum atomic E-state index is -3.88. The van der Waals surface area contributed by atoms with Crippen molar-refractivity contribution in [3.8, 4) is 11.5 Å². The second-order valence-corrected chi connectivity index (χ2v) is 8.99. The van der Waals surface area contributed by atoms with Crippen LogP contribution in [0, 0.1) is 0 Å². The largest absolute Gasteiger partial charge is 0.493 e. The molecular formula is C17H22N2O6S2. The SMILES string of the molecule is CCCNS(=O)(=O)c1ccc(NS(=O)(=O)c2ccc(OC)c(OC)c2)cc1. The molecule has 0 heterocycles. The van der Waals surface area contributed by atoms with E-state index in [9.17, 15) is 16.8 Å². The third kappa shape index (κ3) is 5.12. The van der Waals surface area contributed by atoms with E-state index >= 15 is 0 Å². The number of hydrogen-bond acceptors (Lipinski definition) is 6. The molecule has 2 rings (SSSR count). The van der Waals surface area contributed by atoms with Crippen LogP contribution in [0.1, 0.15) is 13.3 Å². The van der Waals surface area contributed by atoms with Gasteiger partial charge in [-0.2, -0.15) is 0 Å². The van der Waals surface area contributed by atoms with Crippen molar-refractivity contribution in [3.63, 3.8) is 0 Å². The molecular weight excluding hydrogens is 392 g/mol. The fourth-order valence-electron chi connectivity index (χ4n) is 2.22. The van der Waals surface area contributed by atoms with Gasteiger partial charge in [-0.05, 0) is 42.8 Å². The van der Waals surface area contributed by atoms with Crippen molar-refractivity contribution >= 4 is 25.7 Å². The standard InChI is InChI=1S/C17H22N2O6S2/c1-4-11-18-26(20,21)14-7-5-13(6-8-14)19-27(22,23)15-9-10-16(24-2)17(12-15)25-3/h5-10,12,18-19H,4,11H2,1-3H3. The van der Waals surface area contributed by atoms with Gasteiger partial charge in [0.1, 0.15) is 0 Å². The van der Waals surface area contributed by atoms with Crippen molar-refractivity contribution in [3.05, 3.63) is 42.5 Å². The minimum absolute atomic E-state index is 0.0125. The summed E-state index contributed by atoms with van der Waals surface area (Å²) in [5.74, 6) is 0.689. The van der Waals surface area contributed by atoms with Crippen LogP contribution in [0.25, 0.3) is 0 Å². The summed E-state index contributed by atoms with van der Waals surface area (Å²) in [6, 6.07) is 9.67. The molecule has 0 fully saturated rings. The van der Waals surface area contributed by atoms with Gasteiger partial charge in [0.05, 0.1) is 24.0 Å². The third-order valence-electron chi connectivity index (χ3n) is 3.62. The summed E-state index contributed by atoms with van der Waals surface area (Å²) in [5, 5.41) is 0. The molecule has 0 spiro atoms. The fraction of sp³-hybridized carbons (Fsp3) is 0.294. The smallest absolute Gasteiger partial charge is 0.262 e. The second kappa shape index (κ2) is 8.59. The highest BCUT2D eigenvalue weighted by Gasteiger charge is 2.18. The predicted molar refractivity (Wildman–Crippen MR) is 102 cm³/mol. The van der Waals surface area contributed by atoms with E-state index in [0.717, 1.165) is 0 Å². The van der Waals surface area contributed by atoms with E-state index in [2.05, 4.69) is 9.44 Å². The van der Waals surface area contributed by atoms with Crippen molar-refractivity contribution in [2.45, 2.75) is 23.1 Å². The van der Waals surface area contributed by atoms with Gasteiger partial charge < -0.3 is 9.47 Å². The van der Waals surface area contributed by atoms with Crippen molar-refractivity contribution in [1.29, 1.82) is 0 Å². The molecule has 8 nitrogen and oxygen atoms in total. The quantitative estimate of drug-likeness (QED) is 0.651. The number of methoxy groups -OCH3 is 2. The molecule has 0 aromatic heterocycles. The molecule has 0 unspecified atom stereocenters. The Morgan fingerprint density at radius 2 is 1.41 bits per heavy atom. The Kier molecular flexibility index (Phi) is 6.68. The van der Waals surface area contributed by atoms with Crippen molar-refractivity contribution in [2.24, 2.45) is 0 Å². The number of anilines is 1. The van der Waals surface area contributed by atoms with Gasteiger partial charge >= 0.3 is 0 Å². The Bertz CT molecular complexity index is 987. The topological polar surface area (TPSA) is 111 Å². The lowest BCUT2D eigenvalue weighted by Gasteiger charge is -2.12. The predicted octanol–water partition coefficient (Wildman–Crippen LogP) is 2.19. The van der Waals surface area contributed by atoms with Crippen molar-refractivity contribution in [2.75, 3.05) is 25.5 Å². The monoisotopic (exact) mass is 414 g/mol. The first-order valence-electron chi connectivity index (χ1n) is 8.08. The van der Waals surface area contributed by atoms with E-state index in [-0.39, 0.29) is 21.2 Å². The molecule has 0 amide bonds. The summed E-state index contributed by atoms with van der Waals surface area (Å²) in [7, 11) is -4.63. The molecule has 27 heavy (non-hydrogen) atoms. The van der Waals surface area contributed by atoms with Gasteiger partial charge in [0.15, 0.2) is 11.5 Å². The molecule has 0 aliphatic carbocycles. The first-order chi connectivity index (χ1) is 12.7. The van der Waals surface area contributed by atoms with Gasteiger partial charge in [-0.3, -0.25) is 4.72 Å². The molecule has 0 atom stereocenters. The highest BCUT2D eigenvalue weighted by atomic mass is 32.2. The van der Waals surface area contributed by atoms with Gasteiger partial charge in [-0.1, -0.05) is 6.92 Å². The Balaban J connectivity index is 2.23. The Labute approximate surface area is 159 Å². The number of sulfonamides is 2. The average Bonchev–Trinajstić information content (AvgIpc) is 2.66. The van der Waals surface area contributed by atoms with Crippen LogP contribution in [-0.2, 0) is 20.0 Å². The zero-order chi connectivity index (χ0) is 20.1. The zero-order valence-corrected chi connectivity index (χ0v) is 16.9. The lowest BCUT2D eigenvalue weighted by atomic mass is 10.3. The Hall–Kier alpha value is -2.30. The first kappa shape index (κ1) is 21.0. The number of benzene rings is 2. The first-order valence-corrected chi connectivity index (χ1v) is 11.0. The van der Waals surface area contributed by atoms with Crippen LogP contribution in [0.4, 0.5) is 5.69 Å². The molecule has 2 N–H and O–H groups in total. The molecule has 10 heteroatoms. The molecule has 0 aliphatic rings. The summed E-state index contributed by atoms with van der Waals surface area (Å²) in [5.41, 5.74) is 0.235. The zero-order valence-electron chi connectivity index (χ0n) is 15.2. The maximum atomic E-state index is 12.6. The summed E-state index contributed by atoms with van der Waals surface area (Å²) in [6.07, 6.45) is 0.669. The third-order valence-corrected chi connectivity index (χ3v) is 6.48. The Morgan fingerprint density at radius 1 is 0.815 bits per heavy atom. The van der Waals surface area contributed by atoms with E-state index in [1.165, 1.54) is 56.7 Å². The minimum Gasteiger partial charge on any atom is -0.493 e. The summed E-state index contributed by atoms with van der Waals surface area (Å²) < 4.78 is 64.3. The maximum absolute atomic E-state index is 12.6. The fourth-order valence-corrected chi connectivity index (χ4v) is 4.43. The van der Waals surface area contributed by atoms with Crippen LogP contribution < -0.4 is 18.9 Å². The number of rotatable bonds is 9. The van der Waals surface area contributed by atoms with Crippen LogP contribution in [0.15, 0.2) is 52.3 Å². The van der Waals surface area contributed by atoms with Gasteiger partial charge in [-0.25, -0.2) is 21.6 Å². The molecule has 148 valence electrons. The van der Waals surface area contributed by atoms with E-state index < -0.39 is 20.0 Å². The van der Waals surface area contributed by atoms with Gasteiger partial charge in [0.2, 0.25) is 10.0 Å². The van der Waals surface area contributed by atoms with Gasteiger partial charge in [0, 0.05) is 18.3 Å². The van der Waals surface area contributed by atoms with Crippen LogP contribution >= 0.6 is 0 Å². The van der Waals surface area contributed by atoms with Crippen molar-refractivity contribution < 1.29 is 26.3 Å². The van der Waals surface area contributed by atoms with E-state index in [0.29, 0.717) is 18.7 Å². The van der Waals surface area contributed by atoms with Gasteiger partial charge in [0.25, 0.3) is 10.0 Å². The average molecular weight is 415 g/mol. The maximum Gasteiger partial charge on any atom is 0.262 e. The molecule has 2 aromatic rings. The van der Waals surface area contributed by atoms with E-state index in [1.54, 1.807) is 0 Å². The normalized spacial score (nSPS) is 11.8. The molecule has 0 saturated heterocycles. The number of hydrogen-bond donors (Lipinski definition) is 2. The molecule has 0 bridgehead atoms. The molecule has 0 aliphatic heterocycles. The Morgan fingerprint density at radius 3 is 1.96 bits per heavy atom. The van der Waals surface area contributed by atoms with Crippen LogP contribution in [-0.4, -0.2) is 37.6 Å².